The van der Waals surface area contributed by atoms with Crippen molar-refractivity contribution in [2.24, 2.45) is 0 Å². The van der Waals surface area contributed by atoms with Crippen LogP contribution >= 0.6 is 11.3 Å². The molecule has 2 aromatic heterocycles. The number of thiazole rings is 1. The lowest BCUT2D eigenvalue weighted by molar-refractivity contribution is -0.490. The summed E-state index contributed by atoms with van der Waals surface area (Å²) in [5, 5.41) is 5.47. The molecule has 27 heavy (non-hydrogen) atoms. The van der Waals surface area contributed by atoms with Crippen LogP contribution in [0.25, 0.3) is 15.9 Å². The summed E-state index contributed by atoms with van der Waals surface area (Å²) in [4.78, 5) is 26.2. The fourth-order valence-electron chi connectivity index (χ4n) is 3.17. The van der Waals surface area contributed by atoms with E-state index in [1.54, 1.807) is 10.6 Å². The Labute approximate surface area is 159 Å². The van der Waals surface area contributed by atoms with Gasteiger partial charge >= 0.3 is 10.5 Å². The zero-order chi connectivity index (χ0) is 18.8. The molecule has 2 aromatic carbocycles. The van der Waals surface area contributed by atoms with E-state index in [4.69, 9.17) is 0 Å². The lowest BCUT2D eigenvalue weighted by Gasteiger charge is -2.05. The molecule has 4 aromatic rings. The average Bonchev–Trinajstić information content (AvgIpc) is 3.09. The van der Waals surface area contributed by atoms with E-state index in [1.807, 2.05) is 64.4 Å². The maximum atomic E-state index is 12.8. The van der Waals surface area contributed by atoms with Crippen LogP contribution < -0.4 is 15.3 Å². The highest BCUT2D eigenvalue weighted by atomic mass is 32.1. The molecule has 0 fully saturated rings. The van der Waals surface area contributed by atoms with Crippen molar-refractivity contribution < 1.29 is 9.20 Å². The van der Waals surface area contributed by atoms with E-state index in [0.717, 1.165) is 21.9 Å². The minimum Gasteiger partial charge on any atom is -0.326 e. The maximum Gasteiger partial charge on any atom is 0.349 e. The van der Waals surface area contributed by atoms with Crippen LogP contribution in [-0.4, -0.2) is 10.5 Å². The molecule has 0 unspecified atom stereocenters. The Kier molecular flexibility index (Phi) is 4.56. The van der Waals surface area contributed by atoms with Crippen molar-refractivity contribution in [3.63, 3.8) is 0 Å². The van der Waals surface area contributed by atoms with Crippen LogP contribution in [0, 0.1) is 0 Å². The lowest BCUT2D eigenvalue weighted by atomic mass is 10.2. The highest BCUT2D eigenvalue weighted by molar-refractivity contribution is 7.14. The SMILES string of the molecule is C=CCn1c(=O)c2ccccc2[n+]2c(CC(=O)Nc3ccccc3)csc12. The molecular weight excluding hydrogens is 358 g/mol. The van der Waals surface area contributed by atoms with Gasteiger partial charge in [-0.05, 0) is 24.3 Å². The summed E-state index contributed by atoms with van der Waals surface area (Å²) >= 11 is 1.46. The minimum absolute atomic E-state index is 0.0485. The average molecular weight is 376 g/mol. The van der Waals surface area contributed by atoms with Gasteiger partial charge in [0.25, 0.3) is 0 Å². The van der Waals surface area contributed by atoms with Crippen LogP contribution in [0.5, 0.6) is 0 Å². The monoisotopic (exact) mass is 376 g/mol. The Morgan fingerprint density at radius 1 is 1.15 bits per heavy atom. The smallest absolute Gasteiger partial charge is 0.326 e. The van der Waals surface area contributed by atoms with Crippen molar-refractivity contribution in [3.8, 4) is 0 Å². The minimum atomic E-state index is -0.0982. The van der Waals surface area contributed by atoms with Crippen LogP contribution in [0.4, 0.5) is 5.69 Å². The fourth-order valence-corrected chi connectivity index (χ4v) is 4.21. The van der Waals surface area contributed by atoms with Crippen molar-refractivity contribution in [3.05, 3.63) is 88.7 Å². The summed E-state index contributed by atoms with van der Waals surface area (Å²) in [5.74, 6) is -0.0982. The number of nitrogens with zero attached hydrogens (tertiary/aromatic N) is 2. The molecule has 0 aliphatic carbocycles. The Morgan fingerprint density at radius 3 is 2.67 bits per heavy atom. The van der Waals surface area contributed by atoms with Crippen LogP contribution in [0.3, 0.4) is 0 Å². The summed E-state index contributed by atoms with van der Waals surface area (Å²) in [7, 11) is 0. The molecule has 0 saturated heterocycles. The first-order valence-corrected chi connectivity index (χ1v) is 9.46. The molecule has 0 atom stereocenters. The third-order valence-corrected chi connectivity index (χ3v) is 5.34. The third kappa shape index (κ3) is 3.15. The van der Waals surface area contributed by atoms with Gasteiger partial charge in [-0.1, -0.05) is 54.3 Å². The summed E-state index contributed by atoms with van der Waals surface area (Å²) in [6.45, 7) is 4.18. The summed E-state index contributed by atoms with van der Waals surface area (Å²) in [6, 6.07) is 16.9. The molecule has 0 aliphatic heterocycles. The van der Waals surface area contributed by atoms with E-state index in [2.05, 4.69) is 11.9 Å². The quantitative estimate of drug-likeness (QED) is 0.430. The predicted octanol–water partition coefficient (Wildman–Crippen LogP) is 3.17. The largest absolute Gasteiger partial charge is 0.349 e. The maximum absolute atomic E-state index is 12.8. The molecule has 134 valence electrons. The number of carbonyl (C=O) groups is 1. The van der Waals surface area contributed by atoms with Crippen molar-refractivity contribution >= 4 is 38.8 Å². The molecule has 2 heterocycles. The second-order valence-electron chi connectivity index (χ2n) is 6.16. The van der Waals surface area contributed by atoms with Crippen molar-refractivity contribution in [1.29, 1.82) is 0 Å². The molecule has 0 aliphatic rings. The van der Waals surface area contributed by atoms with Gasteiger partial charge in [0.15, 0.2) is 0 Å². The first-order chi connectivity index (χ1) is 13.2. The Morgan fingerprint density at radius 2 is 1.89 bits per heavy atom. The second-order valence-corrected chi connectivity index (χ2v) is 6.99. The molecule has 6 heteroatoms. The number of benzene rings is 2. The first kappa shape index (κ1) is 17.2. The molecular formula is C21H18N3O2S+. The standard InChI is InChI=1S/C21H17N3O2S/c1-2-12-23-20(26)17-10-6-7-11-18(17)24-16(14-27-21(23)24)13-19(25)22-15-8-4-3-5-9-15/h2-11,14H,1,12-13H2/p+1. The number of carbonyl (C=O) groups excluding carboxylic acids is 1. The molecule has 4 rings (SSSR count). The number of fused-ring (bicyclic) bond motifs is 3. The first-order valence-electron chi connectivity index (χ1n) is 8.58. The van der Waals surface area contributed by atoms with Gasteiger partial charge in [-0.3, -0.25) is 4.79 Å². The van der Waals surface area contributed by atoms with Gasteiger partial charge in [-0.2, -0.15) is 8.97 Å². The molecule has 1 N–H and O–H groups in total. The summed E-state index contributed by atoms with van der Waals surface area (Å²) in [5.41, 5.74) is 2.37. The van der Waals surface area contributed by atoms with E-state index >= 15 is 0 Å². The molecule has 0 spiro atoms. The lowest BCUT2D eigenvalue weighted by Crippen LogP contribution is -2.36. The number of allylic oxidation sites excluding steroid dienone is 1. The van der Waals surface area contributed by atoms with Crippen LogP contribution in [-0.2, 0) is 17.8 Å². The van der Waals surface area contributed by atoms with Gasteiger partial charge in [0, 0.05) is 11.1 Å². The fraction of sp³-hybridized carbons (Fsp3) is 0.0952. The van der Waals surface area contributed by atoms with Crippen LogP contribution in [0.15, 0.2) is 77.4 Å². The van der Waals surface area contributed by atoms with Gasteiger partial charge in [0.05, 0.1) is 6.42 Å². The molecule has 1 amide bonds. The number of aromatic nitrogens is 2. The molecule has 5 nitrogen and oxygen atoms in total. The normalized spacial score (nSPS) is 11.0. The van der Waals surface area contributed by atoms with Crippen LogP contribution in [0.1, 0.15) is 5.69 Å². The highest BCUT2D eigenvalue weighted by Gasteiger charge is 2.23. The van der Waals surface area contributed by atoms with Gasteiger partial charge in [0.2, 0.25) is 5.91 Å². The Bertz CT molecular complexity index is 1210. The number of rotatable bonds is 5. The highest BCUT2D eigenvalue weighted by Crippen LogP contribution is 2.16. The Hall–Kier alpha value is -3.25. The summed E-state index contributed by atoms with van der Waals surface area (Å²) < 4.78 is 3.69. The van der Waals surface area contributed by atoms with Crippen LogP contribution in [0.2, 0.25) is 0 Å². The van der Waals surface area contributed by atoms with Gasteiger partial charge in [0.1, 0.15) is 23.1 Å². The van der Waals surface area contributed by atoms with Gasteiger partial charge in [-0.25, -0.2) is 4.79 Å². The van der Waals surface area contributed by atoms with E-state index in [0.29, 0.717) is 11.9 Å². The van der Waals surface area contributed by atoms with Gasteiger partial charge in [-0.15, -0.1) is 0 Å². The van der Waals surface area contributed by atoms with E-state index in [1.165, 1.54) is 11.3 Å². The third-order valence-electron chi connectivity index (χ3n) is 4.34. The number of amides is 1. The predicted molar refractivity (Wildman–Crippen MR) is 108 cm³/mol. The van der Waals surface area contributed by atoms with Crippen molar-refractivity contribution in [1.82, 2.24) is 4.57 Å². The zero-order valence-corrected chi connectivity index (χ0v) is 15.4. The van der Waals surface area contributed by atoms with Crippen molar-refractivity contribution in [2.75, 3.05) is 5.32 Å². The Balaban J connectivity index is 1.81. The number of hydrogen-bond donors (Lipinski definition) is 1. The van der Waals surface area contributed by atoms with E-state index in [9.17, 15) is 9.59 Å². The van der Waals surface area contributed by atoms with E-state index in [-0.39, 0.29) is 17.9 Å². The summed E-state index contributed by atoms with van der Waals surface area (Å²) in [6.07, 6.45) is 1.92. The van der Waals surface area contributed by atoms with Gasteiger partial charge < -0.3 is 5.32 Å². The second kappa shape index (κ2) is 7.17. The molecule has 0 radical (unpaired) electrons. The topological polar surface area (TPSA) is 55.2 Å². The molecule has 0 bridgehead atoms. The number of nitrogens with one attached hydrogen (secondary N) is 1. The number of hydrogen-bond acceptors (Lipinski definition) is 3. The number of anilines is 1. The van der Waals surface area contributed by atoms with Crippen molar-refractivity contribution in [2.45, 2.75) is 13.0 Å². The number of para-hydroxylation sites is 2. The van der Waals surface area contributed by atoms with E-state index < -0.39 is 0 Å². The molecule has 0 saturated carbocycles. The zero-order valence-electron chi connectivity index (χ0n) is 14.6.